The monoisotopic (exact) mass is 285 g/mol. The van der Waals surface area contributed by atoms with Crippen LogP contribution in [0.4, 0.5) is 5.69 Å². The second-order valence-corrected chi connectivity index (χ2v) is 5.66. The highest BCUT2D eigenvalue weighted by atomic mass is 16.1. The number of hydrogen-bond donors (Lipinski definition) is 1. The van der Waals surface area contributed by atoms with Crippen LogP contribution < -0.4 is 10.2 Å². The van der Waals surface area contributed by atoms with E-state index in [0.29, 0.717) is 0 Å². The minimum atomic E-state index is 0.0839. The van der Waals surface area contributed by atoms with Crippen molar-refractivity contribution in [2.45, 2.75) is 13.3 Å². The molecule has 4 nitrogen and oxygen atoms in total. The summed E-state index contributed by atoms with van der Waals surface area (Å²) in [6.45, 7) is 8.44. The number of likely N-dealkylation sites (N-methyl/N-ethyl adjacent to an activating group) is 1. The molecule has 1 aromatic carbocycles. The van der Waals surface area contributed by atoms with E-state index in [1.54, 1.807) is 0 Å². The van der Waals surface area contributed by atoms with Crippen LogP contribution in [0.15, 0.2) is 29.8 Å². The fourth-order valence-corrected chi connectivity index (χ4v) is 3.07. The van der Waals surface area contributed by atoms with Crippen molar-refractivity contribution in [3.8, 4) is 0 Å². The smallest absolute Gasteiger partial charge is 0.247 e. The van der Waals surface area contributed by atoms with Crippen LogP contribution in [0.2, 0.25) is 0 Å². The fourth-order valence-electron chi connectivity index (χ4n) is 3.07. The molecule has 0 spiro atoms. The Morgan fingerprint density at radius 1 is 1.19 bits per heavy atom. The minimum Gasteiger partial charge on any atom is -0.368 e. The number of para-hydroxylation sites is 1. The number of hydrogen-bond acceptors (Lipinski definition) is 3. The molecule has 0 saturated carbocycles. The topological polar surface area (TPSA) is 35.6 Å². The molecule has 2 aliphatic rings. The summed E-state index contributed by atoms with van der Waals surface area (Å²) in [5.41, 5.74) is 3.31. The second-order valence-electron chi connectivity index (χ2n) is 5.66. The van der Waals surface area contributed by atoms with Crippen molar-refractivity contribution >= 4 is 17.7 Å². The van der Waals surface area contributed by atoms with Gasteiger partial charge < -0.3 is 15.1 Å². The Morgan fingerprint density at radius 3 is 2.62 bits per heavy atom. The third-order valence-electron chi connectivity index (χ3n) is 4.40. The molecule has 0 bridgehead atoms. The van der Waals surface area contributed by atoms with E-state index in [1.807, 2.05) is 6.07 Å². The van der Waals surface area contributed by atoms with Gasteiger partial charge in [-0.05, 0) is 30.7 Å². The number of benzene rings is 1. The lowest BCUT2D eigenvalue weighted by atomic mass is 10.1. The largest absolute Gasteiger partial charge is 0.368 e. The van der Waals surface area contributed by atoms with Crippen molar-refractivity contribution < 1.29 is 4.79 Å². The standard InChI is InChI=1S/C17H23N3O/c1-2-19-9-11-20(12-10-19)16-6-4-3-5-14(16)13-15-7-8-18-17(15)21/h3-6,13H,2,7-12H2,1H3,(H,18,21). The van der Waals surface area contributed by atoms with Gasteiger partial charge in [0.15, 0.2) is 0 Å². The van der Waals surface area contributed by atoms with Crippen molar-refractivity contribution in [2.24, 2.45) is 0 Å². The van der Waals surface area contributed by atoms with E-state index < -0.39 is 0 Å². The molecule has 2 fully saturated rings. The number of piperazine rings is 1. The maximum Gasteiger partial charge on any atom is 0.247 e. The normalized spacial score (nSPS) is 21.9. The molecule has 112 valence electrons. The maximum atomic E-state index is 11.7. The molecule has 4 heteroatoms. The predicted octanol–water partition coefficient (Wildman–Crippen LogP) is 1.73. The third kappa shape index (κ3) is 3.10. The molecule has 1 amide bonds. The first kappa shape index (κ1) is 14.1. The van der Waals surface area contributed by atoms with Gasteiger partial charge in [0.1, 0.15) is 0 Å². The lowest BCUT2D eigenvalue weighted by molar-refractivity contribution is -0.116. The molecule has 0 unspecified atom stereocenters. The van der Waals surface area contributed by atoms with E-state index in [1.165, 1.54) is 5.69 Å². The van der Waals surface area contributed by atoms with Crippen LogP contribution >= 0.6 is 0 Å². The summed E-state index contributed by atoms with van der Waals surface area (Å²) in [6, 6.07) is 8.41. The van der Waals surface area contributed by atoms with Crippen molar-refractivity contribution in [1.82, 2.24) is 10.2 Å². The molecule has 2 aliphatic heterocycles. The van der Waals surface area contributed by atoms with Crippen LogP contribution in [0.1, 0.15) is 18.9 Å². The first-order valence-corrected chi connectivity index (χ1v) is 7.83. The van der Waals surface area contributed by atoms with Gasteiger partial charge in [-0.15, -0.1) is 0 Å². The lowest BCUT2D eigenvalue weighted by Crippen LogP contribution is -2.46. The highest BCUT2D eigenvalue weighted by Gasteiger charge is 2.19. The molecule has 0 aliphatic carbocycles. The van der Waals surface area contributed by atoms with Gasteiger partial charge >= 0.3 is 0 Å². The molecule has 0 aromatic heterocycles. The zero-order chi connectivity index (χ0) is 14.7. The van der Waals surface area contributed by atoms with E-state index in [-0.39, 0.29) is 5.91 Å². The Bertz CT molecular complexity index is 545. The predicted molar refractivity (Wildman–Crippen MR) is 86.4 cm³/mol. The van der Waals surface area contributed by atoms with Gasteiger partial charge in [0, 0.05) is 44.0 Å². The molecular formula is C17H23N3O. The number of anilines is 1. The summed E-state index contributed by atoms with van der Waals surface area (Å²) in [6.07, 6.45) is 2.89. The lowest BCUT2D eigenvalue weighted by Gasteiger charge is -2.36. The first-order valence-electron chi connectivity index (χ1n) is 7.83. The van der Waals surface area contributed by atoms with Gasteiger partial charge in [0.2, 0.25) is 5.91 Å². The Balaban J connectivity index is 1.82. The van der Waals surface area contributed by atoms with Gasteiger partial charge in [0.05, 0.1) is 0 Å². The van der Waals surface area contributed by atoms with Crippen molar-refractivity contribution in [1.29, 1.82) is 0 Å². The quantitative estimate of drug-likeness (QED) is 0.859. The van der Waals surface area contributed by atoms with Gasteiger partial charge in [0.25, 0.3) is 0 Å². The molecule has 1 aromatic rings. The first-order chi connectivity index (χ1) is 10.3. The summed E-state index contributed by atoms with van der Waals surface area (Å²) in [5.74, 6) is 0.0839. The van der Waals surface area contributed by atoms with Crippen molar-refractivity contribution in [3.63, 3.8) is 0 Å². The Labute approximate surface area is 126 Å². The van der Waals surface area contributed by atoms with Gasteiger partial charge in [-0.1, -0.05) is 25.1 Å². The summed E-state index contributed by atoms with van der Waals surface area (Å²) in [4.78, 5) is 16.7. The van der Waals surface area contributed by atoms with E-state index in [0.717, 1.165) is 56.8 Å². The van der Waals surface area contributed by atoms with Crippen LogP contribution in [0.25, 0.3) is 6.08 Å². The number of carbonyl (C=O) groups excluding carboxylic acids is 1. The van der Waals surface area contributed by atoms with E-state index >= 15 is 0 Å². The Morgan fingerprint density at radius 2 is 1.95 bits per heavy atom. The average molecular weight is 285 g/mol. The number of amides is 1. The molecule has 2 heterocycles. The minimum absolute atomic E-state index is 0.0839. The molecule has 1 N–H and O–H groups in total. The van der Waals surface area contributed by atoms with Crippen molar-refractivity contribution in [2.75, 3.05) is 44.2 Å². The molecule has 0 atom stereocenters. The van der Waals surface area contributed by atoms with Crippen LogP contribution in [0, 0.1) is 0 Å². The summed E-state index contributed by atoms with van der Waals surface area (Å²) in [7, 11) is 0. The third-order valence-corrected chi connectivity index (χ3v) is 4.40. The summed E-state index contributed by atoms with van der Waals surface area (Å²) in [5, 5.41) is 2.87. The van der Waals surface area contributed by atoms with Gasteiger partial charge in [-0.3, -0.25) is 4.79 Å². The number of carbonyl (C=O) groups is 1. The average Bonchev–Trinajstić information content (AvgIpc) is 2.93. The summed E-state index contributed by atoms with van der Waals surface area (Å²) >= 11 is 0. The van der Waals surface area contributed by atoms with Gasteiger partial charge in [-0.25, -0.2) is 0 Å². The second kappa shape index (κ2) is 6.31. The van der Waals surface area contributed by atoms with Gasteiger partial charge in [-0.2, -0.15) is 0 Å². The highest BCUT2D eigenvalue weighted by molar-refractivity contribution is 6.00. The molecule has 2 saturated heterocycles. The fraction of sp³-hybridized carbons (Fsp3) is 0.471. The van der Waals surface area contributed by atoms with Crippen LogP contribution in [-0.4, -0.2) is 50.1 Å². The molecule has 3 rings (SSSR count). The van der Waals surface area contributed by atoms with Crippen molar-refractivity contribution in [3.05, 3.63) is 35.4 Å². The zero-order valence-corrected chi connectivity index (χ0v) is 12.6. The van der Waals surface area contributed by atoms with Crippen LogP contribution in [0.3, 0.4) is 0 Å². The van der Waals surface area contributed by atoms with Crippen LogP contribution in [-0.2, 0) is 4.79 Å². The molecule has 0 radical (unpaired) electrons. The SMILES string of the molecule is CCN1CCN(c2ccccc2C=C2CCNC2=O)CC1. The van der Waals surface area contributed by atoms with Crippen LogP contribution in [0.5, 0.6) is 0 Å². The van der Waals surface area contributed by atoms with E-state index in [4.69, 9.17) is 0 Å². The maximum absolute atomic E-state index is 11.7. The Hall–Kier alpha value is -1.81. The Kier molecular flexibility index (Phi) is 4.25. The highest BCUT2D eigenvalue weighted by Crippen LogP contribution is 2.25. The number of rotatable bonds is 3. The van der Waals surface area contributed by atoms with E-state index in [2.05, 4.69) is 46.3 Å². The summed E-state index contributed by atoms with van der Waals surface area (Å²) < 4.78 is 0. The van der Waals surface area contributed by atoms with E-state index in [9.17, 15) is 4.79 Å². The number of nitrogens with one attached hydrogen (secondary N) is 1. The molecular weight excluding hydrogens is 262 g/mol. The number of nitrogens with zero attached hydrogens (tertiary/aromatic N) is 2. The molecule has 21 heavy (non-hydrogen) atoms. The zero-order valence-electron chi connectivity index (χ0n) is 12.6.